The third kappa shape index (κ3) is 5.43. The molecular formula is C31H34N2O4. The minimum atomic E-state index is -0.264. The summed E-state index contributed by atoms with van der Waals surface area (Å²) in [4.78, 5) is 0. The van der Waals surface area contributed by atoms with E-state index in [9.17, 15) is 0 Å². The van der Waals surface area contributed by atoms with Gasteiger partial charge in [-0.2, -0.15) is 0 Å². The molecule has 0 amide bonds. The average Bonchev–Trinajstić information content (AvgIpc) is 2.93. The fourth-order valence-corrected chi connectivity index (χ4v) is 4.66. The molecule has 6 heteroatoms. The van der Waals surface area contributed by atoms with Crippen molar-refractivity contribution in [1.29, 1.82) is 0 Å². The van der Waals surface area contributed by atoms with E-state index >= 15 is 0 Å². The molecule has 37 heavy (non-hydrogen) atoms. The van der Waals surface area contributed by atoms with Crippen molar-refractivity contribution < 1.29 is 18.9 Å². The number of hydrogen-bond donors (Lipinski definition) is 2. The van der Waals surface area contributed by atoms with Gasteiger partial charge in [-0.25, -0.2) is 0 Å². The number of nitrogens with two attached hydrogens (primary N) is 2. The van der Waals surface area contributed by atoms with E-state index in [1.165, 1.54) is 0 Å². The molecule has 0 atom stereocenters. The van der Waals surface area contributed by atoms with Gasteiger partial charge in [-0.05, 0) is 96.8 Å². The van der Waals surface area contributed by atoms with Gasteiger partial charge in [0.1, 0.15) is 11.5 Å². The summed E-state index contributed by atoms with van der Waals surface area (Å²) in [5, 5.41) is 0. The van der Waals surface area contributed by atoms with E-state index in [2.05, 4.69) is 38.1 Å². The molecule has 0 unspecified atom stereocenters. The number of hydrogen-bond acceptors (Lipinski definition) is 6. The summed E-state index contributed by atoms with van der Waals surface area (Å²) in [5.74, 6) is 3.99. The summed E-state index contributed by atoms with van der Waals surface area (Å²) in [5.41, 5.74) is 15.0. The molecule has 0 saturated carbocycles. The van der Waals surface area contributed by atoms with Crippen LogP contribution in [0.15, 0.2) is 84.9 Å². The van der Waals surface area contributed by atoms with Crippen LogP contribution in [0.2, 0.25) is 0 Å². The maximum atomic E-state index is 6.09. The minimum Gasteiger partial charge on any atom is -0.493 e. The Balaban J connectivity index is 1.69. The van der Waals surface area contributed by atoms with E-state index in [1.54, 1.807) is 14.2 Å². The van der Waals surface area contributed by atoms with E-state index in [1.807, 2.05) is 60.7 Å². The van der Waals surface area contributed by atoms with Gasteiger partial charge in [0.15, 0.2) is 23.0 Å². The van der Waals surface area contributed by atoms with Crippen LogP contribution in [0.1, 0.15) is 37.8 Å². The Morgan fingerprint density at radius 1 is 0.541 bits per heavy atom. The molecule has 0 aromatic heterocycles. The van der Waals surface area contributed by atoms with Crippen molar-refractivity contribution in [1.82, 2.24) is 0 Å². The van der Waals surface area contributed by atoms with Crippen LogP contribution < -0.4 is 30.4 Å². The van der Waals surface area contributed by atoms with Crippen LogP contribution in [-0.4, -0.2) is 14.2 Å². The molecule has 0 heterocycles. The van der Waals surface area contributed by atoms with Gasteiger partial charge in [0.05, 0.1) is 14.2 Å². The van der Waals surface area contributed by atoms with Gasteiger partial charge in [-0.3, -0.25) is 0 Å². The molecule has 0 aliphatic carbocycles. The Kier molecular flexibility index (Phi) is 7.77. The first-order chi connectivity index (χ1) is 17.9. The monoisotopic (exact) mass is 498 g/mol. The summed E-state index contributed by atoms with van der Waals surface area (Å²) >= 11 is 0. The lowest BCUT2D eigenvalue weighted by atomic mass is 9.70. The number of ether oxygens (including phenoxy) is 4. The highest BCUT2D eigenvalue weighted by Crippen LogP contribution is 2.45. The molecule has 192 valence electrons. The highest BCUT2D eigenvalue weighted by Gasteiger charge is 2.32. The number of rotatable bonds is 10. The zero-order valence-corrected chi connectivity index (χ0v) is 21.8. The van der Waals surface area contributed by atoms with Gasteiger partial charge in [0.2, 0.25) is 0 Å². The molecule has 0 bridgehead atoms. The van der Waals surface area contributed by atoms with Gasteiger partial charge in [0, 0.05) is 16.8 Å². The third-order valence-electron chi connectivity index (χ3n) is 6.86. The van der Waals surface area contributed by atoms with Crippen molar-refractivity contribution in [2.24, 2.45) is 0 Å². The smallest absolute Gasteiger partial charge is 0.169 e. The minimum absolute atomic E-state index is 0.264. The number of nitrogen functional groups attached to an aromatic ring is 2. The standard InChI is InChI=1S/C31H34N2O4/c1-5-31(6-2,21-7-17-27(29(19-21)34-3)36-25-13-9-23(32)10-14-25)22-8-18-28(30(20-22)35-4)37-26-15-11-24(33)12-16-26/h7-20H,5-6,32-33H2,1-4H3. The molecule has 6 nitrogen and oxygen atoms in total. The molecule has 0 spiro atoms. The molecule has 0 aliphatic heterocycles. The van der Waals surface area contributed by atoms with Crippen LogP contribution in [0.25, 0.3) is 0 Å². The van der Waals surface area contributed by atoms with Gasteiger partial charge >= 0.3 is 0 Å². The topological polar surface area (TPSA) is 89.0 Å². The SMILES string of the molecule is CCC(CC)(c1ccc(Oc2ccc(N)cc2)c(OC)c1)c1ccc(Oc2ccc(N)cc2)c(OC)c1. The van der Waals surface area contributed by atoms with Crippen molar-refractivity contribution >= 4 is 11.4 Å². The summed E-state index contributed by atoms with van der Waals surface area (Å²) in [6.45, 7) is 4.39. The second kappa shape index (κ2) is 11.2. The van der Waals surface area contributed by atoms with Gasteiger partial charge in [0.25, 0.3) is 0 Å². The zero-order chi connectivity index (χ0) is 26.4. The second-order valence-electron chi connectivity index (χ2n) is 8.86. The summed E-state index contributed by atoms with van der Waals surface area (Å²) in [6.07, 6.45) is 1.76. The molecule has 4 rings (SSSR count). The van der Waals surface area contributed by atoms with Gasteiger partial charge in [-0.1, -0.05) is 26.0 Å². The predicted octanol–water partition coefficient (Wildman–Crippen LogP) is 7.56. The van der Waals surface area contributed by atoms with Crippen molar-refractivity contribution in [3.8, 4) is 34.5 Å². The number of benzene rings is 4. The molecule has 0 aliphatic rings. The Labute approximate surface area is 218 Å². The van der Waals surface area contributed by atoms with Gasteiger partial charge in [-0.15, -0.1) is 0 Å². The lowest BCUT2D eigenvalue weighted by Gasteiger charge is -2.34. The molecule has 0 radical (unpaired) electrons. The Morgan fingerprint density at radius 3 is 1.24 bits per heavy atom. The fourth-order valence-electron chi connectivity index (χ4n) is 4.66. The largest absolute Gasteiger partial charge is 0.493 e. The lowest BCUT2D eigenvalue weighted by Crippen LogP contribution is -2.26. The lowest BCUT2D eigenvalue weighted by molar-refractivity contribution is 0.372. The predicted molar refractivity (Wildman–Crippen MR) is 149 cm³/mol. The summed E-state index contributed by atoms with van der Waals surface area (Å²) in [7, 11) is 3.31. The van der Waals surface area contributed by atoms with Crippen LogP contribution >= 0.6 is 0 Å². The Morgan fingerprint density at radius 2 is 0.919 bits per heavy atom. The van der Waals surface area contributed by atoms with E-state index in [-0.39, 0.29) is 5.41 Å². The third-order valence-corrected chi connectivity index (χ3v) is 6.86. The first-order valence-electron chi connectivity index (χ1n) is 12.4. The van der Waals surface area contributed by atoms with Crippen molar-refractivity contribution in [3.05, 3.63) is 96.1 Å². The zero-order valence-electron chi connectivity index (χ0n) is 21.8. The normalized spacial score (nSPS) is 11.1. The first-order valence-corrected chi connectivity index (χ1v) is 12.4. The first kappa shape index (κ1) is 25.8. The van der Waals surface area contributed by atoms with Crippen LogP contribution in [0.4, 0.5) is 11.4 Å². The fraction of sp³-hybridized carbons (Fsp3) is 0.226. The van der Waals surface area contributed by atoms with Crippen molar-refractivity contribution in [2.45, 2.75) is 32.1 Å². The average molecular weight is 499 g/mol. The number of anilines is 2. The highest BCUT2D eigenvalue weighted by atomic mass is 16.5. The second-order valence-corrected chi connectivity index (χ2v) is 8.86. The van der Waals surface area contributed by atoms with E-state index < -0.39 is 0 Å². The summed E-state index contributed by atoms with van der Waals surface area (Å²) in [6, 6.07) is 26.8. The van der Waals surface area contributed by atoms with E-state index in [4.69, 9.17) is 30.4 Å². The maximum Gasteiger partial charge on any atom is 0.169 e. The Bertz CT molecular complexity index is 1230. The molecule has 0 saturated heterocycles. The quantitative estimate of drug-likeness (QED) is 0.219. The number of methoxy groups -OCH3 is 2. The summed E-state index contributed by atoms with van der Waals surface area (Å²) < 4.78 is 23.6. The van der Waals surface area contributed by atoms with E-state index in [0.717, 1.165) is 24.0 Å². The van der Waals surface area contributed by atoms with Crippen LogP contribution in [-0.2, 0) is 5.41 Å². The van der Waals surface area contributed by atoms with Crippen molar-refractivity contribution in [2.75, 3.05) is 25.7 Å². The molecule has 4 aromatic rings. The Hall–Kier alpha value is -4.32. The molecule has 0 fully saturated rings. The van der Waals surface area contributed by atoms with Crippen LogP contribution in [0.3, 0.4) is 0 Å². The maximum absolute atomic E-state index is 6.09. The molecule has 4 N–H and O–H groups in total. The van der Waals surface area contributed by atoms with Crippen LogP contribution in [0.5, 0.6) is 34.5 Å². The molecular weight excluding hydrogens is 464 g/mol. The van der Waals surface area contributed by atoms with Gasteiger partial charge < -0.3 is 30.4 Å². The van der Waals surface area contributed by atoms with Crippen molar-refractivity contribution in [3.63, 3.8) is 0 Å². The van der Waals surface area contributed by atoms with Crippen LogP contribution in [0, 0.1) is 0 Å². The van der Waals surface area contributed by atoms with E-state index in [0.29, 0.717) is 45.9 Å². The highest BCUT2D eigenvalue weighted by molar-refractivity contribution is 5.54. The molecule has 4 aromatic carbocycles.